The first-order valence-electron chi connectivity index (χ1n) is 4.59. The Balaban J connectivity index is 2.50. The van der Waals surface area contributed by atoms with E-state index in [-0.39, 0.29) is 5.82 Å². The maximum atomic E-state index is 13.0. The fraction of sp³-hybridized carbons (Fsp3) is 0.273. The third-order valence-corrected chi connectivity index (χ3v) is 2.20. The topological polar surface area (TPSA) is 25.2 Å². The van der Waals surface area contributed by atoms with Crippen molar-refractivity contribution in [3.05, 3.63) is 36.3 Å². The van der Waals surface area contributed by atoms with Crippen molar-refractivity contribution in [1.82, 2.24) is 4.57 Å². The molecular weight excluding hydrogens is 181 g/mol. The summed E-state index contributed by atoms with van der Waals surface area (Å²) in [5.74, 6) is -0.247. The molecule has 1 N–H and O–H groups in total. The number of rotatable bonds is 2. The summed E-state index contributed by atoms with van der Waals surface area (Å²) < 4.78 is 14.8. The average Bonchev–Trinajstić information content (AvgIpc) is 2.47. The molecule has 2 nitrogen and oxygen atoms in total. The van der Waals surface area contributed by atoms with Crippen LogP contribution in [0.3, 0.4) is 0 Å². The molecule has 0 spiro atoms. The maximum absolute atomic E-state index is 13.0. The van der Waals surface area contributed by atoms with E-state index in [1.54, 1.807) is 13.0 Å². The zero-order valence-corrected chi connectivity index (χ0v) is 7.94. The van der Waals surface area contributed by atoms with Gasteiger partial charge < -0.3 is 9.67 Å². The molecule has 0 aliphatic heterocycles. The van der Waals surface area contributed by atoms with Gasteiger partial charge in [-0.1, -0.05) is 0 Å². The van der Waals surface area contributed by atoms with E-state index in [1.165, 1.54) is 12.1 Å². The summed E-state index contributed by atoms with van der Waals surface area (Å²) >= 11 is 0. The SMILES string of the molecule is C[C@H](O)Cn1ccc2ccc(F)cc21. The fourth-order valence-electron chi connectivity index (χ4n) is 1.60. The number of hydrogen-bond donors (Lipinski definition) is 1. The summed E-state index contributed by atoms with van der Waals surface area (Å²) in [4.78, 5) is 0. The molecule has 0 saturated carbocycles. The molecule has 0 aliphatic carbocycles. The molecule has 0 aliphatic rings. The zero-order valence-electron chi connectivity index (χ0n) is 7.94. The van der Waals surface area contributed by atoms with Crippen LogP contribution in [-0.4, -0.2) is 15.8 Å². The van der Waals surface area contributed by atoms with Gasteiger partial charge in [-0.25, -0.2) is 4.39 Å². The lowest BCUT2D eigenvalue weighted by Crippen LogP contribution is -2.10. The standard InChI is InChI=1S/C11H12FNO/c1-8(14)7-13-5-4-9-2-3-10(12)6-11(9)13/h2-6,8,14H,7H2,1H3/t8-/m0/s1. The minimum absolute atomic E-state index is 0.247. The van der Waals surface area contributed by atoms with Gasteiger partial charge in [-0.05, 0) is 36.6 Å². The predicted molar refractivity (Wildman–Crippen MR) is 53.6 cm³/mol. The van der Waals surface area contributed by atoms with E-state index < -0.39 is 6.10 Å². The van der Waals surface area contributed by atoms with Gasteiger partial charge in [-0.15, -0.1) is 0 Å². The van der Waals surface area contributed by atoms with E-state index in [1.807, 2.05) is 16.8 Å². The third-order valence-electron chi connectivity index (χ3n) is 2.20. The van der Waals surface area contributed by atoms with Crippen LogP contribution in [0.5, 0.6) is 0 Å². The van der Waals surface area contributed by atoms with Crippen LogP contribution >= 0.6 is 0 Å². The van der Waals surface area contributed by atoms with E-state index in [4.69, 9.17) is 0 Å². The molecule has 0 bridgehead atoms. The van der Waals surface area contributed by atoms with Gasteiger partial charge in [0.05, 0.1) is 11.6 Å². The molecule has 1 aromatic carbocycles. The van der Waals surface area contributed by atoms with Crippen LogP contribution < -0.4 is 0 Å². The minimum Gasteiger partial charge on any atom is -0.392 e. The molecule has 14 heavy (non-hydrogen) atoms. The number of aromatic nitrogens is 1. The second-order valence-electron chi connectivity index (χ2n) is 3.52. The average molecular weight is 193 g/mol. The smallest absolute Gasteiger partial charge is 0.125 e. The molecule has 0 saturated heterocycles. The van der Waals surface area contributed by atoms with Gasteiger partial charge in [0.2, 0.25) is 0 Å². The Morgan fingerprint density at radius 1 is 1.43 bits per heavy atom. The van der Waals surface area contributed by atoms with Crippen LogP contribution in [0, 0.1) is 5.82 Å². The maximum Gasteiger partial charge on any atom is 0.125 e. The second kappa shape index (κ2) is 3.42. The summed E-state index contributed by atoms with van der Waals surface area (Å²) in [6, 6.07) is 6.58. The summed E-state index contributed by atoms with van der Waals surface area (Å²) in [7, 11) is 0. The summed E-state index contributed by atoms with van der Waals surface area (Å²) in [6.07, 6.45) is 1.44. The molecular formula is C11H12FNO. The van der Waals surface area contributed by atoms with Crippen molar-refractivity contribution in [3.8, 4) is 0 Å². The van der Waals surface area contributed by atoms with Gasteiger partial charge in [0.1, 0.15) is 5.82 Å². The lowest BCUT2D eigenvalue weighted by molar-refractivity contribution is 0.175. The number of aliphatic hydroxyl groups excluding tert-OH is 1. The largest absolute Gasteiger partial charge is 0.392 e. The van der Waals surface area contributed by atoms with Gasteiger partial charge >= 0.3 is 0 Å². The van der Waals surface area contributed by atoms with Crippen molar-refractivity contribution in [3.63, 3.8) is 0 Å². The molecule has 74 valence electrons. The Labute approximate surface area is 81.6 Å². The molecule has 0 unspecified atom stereocenters. The molecule has 2 rings (SSSR count). The first-order chi connectivity index (χ1) is 6.66. The number of aliphatic hydroxyl groups is 1. The molecule has 0 fully saturated rings. The molecule has 2 aromatic rings. The quantitative estimate of drug-likeness (QED) is 0.776. The highest BCUT2D eigenvalue weighted by molar-refractivity contribution is 5.80. The minimum atomic E-state index is -0.422. The fourth-order valence-corrected chi connectivity index (χ4v) is 1.60. The van der Waals surface area contributed by atoms with Crippen molar-refractivity contribution < 1.29 is 9.50 Å². The van der Waals surface area contributed by atoms with Crippen molar-refractivity contribution >= 4 is 10.9 Å². The van der Waals surface area contributed by atoms with Gasteiger partial charge in [0, 0.05) is 12.7 Å². The Bertz CT molecular complexity index is 447. The van der Waals surface area contributed by atoms with Crippen molar-refractivity contribution in [2.75, 3.05) is 0 Å². The Morgan fingerprint density at radius 3 is 2.93 bits per heavy atom. The predicted octanol–water partition coefficient (Wildman–Crippen LogP) is 2.16. The number of nitrogens with zero attached hydrogens (tertiary/aromatic N) is 1. The first kappa shape index (κ1) is 9.21. The van der Waals surface area contributed by atoms with Crippen LogP contribution in [-0.2, 0) is 6.54 Å². The van der Waals surface area contributed by atoms with Crippen LogP contribution in [0.25, 0.3) is 10.9 Å². The molecule has 3 heteroatoms. The van der Waals surface area contributed by atoms with Gasteiger partial charge in [-0.3, -0.25) is 0 Å². The summed E-state index contributed by atoms with van der Waals surface area (Å²) in [6.45, 7) is 2.21. The van der Waals surface area contributed by atoms with Crippen molar-refractivity contribution in [1.29, 1.82) is 0 Å². The molecule has 0 amide bonds. The van der Waals surface area contributed by atoms with Crippen molar-refractivity contribution in [2.24, 2.45) is 0 Å². The lowest BCUT2D eigenvalue weighted by atomic mass is 10.2. The zero-order chi connectivity index (χ0) is 10.1. The van der Waals surface area contributed by atoms with E-state index in [0.29, 0.717) is 6.54 Å². The third kappa shape index (κ3) is 1.63. The van der Waals surface area contributed by atoms with Gasteiger partial charge in [0.15, 0.2) is 0 Å². The highest BCUT2D eigenvalue weighted by Crippen LogP contribution is 2.17. The number of fused-ring (bicyclic) bond motifs is 1. The number of hydrogen-bond acceptors (Lipinski definition) is 1. The molecule has 1 atom stereocenters. The molecule has 1 heterocycles. The monoisotopic (exact) mass is 193 g/mol. The normalized spacial score (nSPS) is 13.4. The molecule has 0 radical (unpaired) electrons. The molecule has 1 aromatic heterocycles. The van der Waals surface area contributed by atoms with Crippen LogP contribution in [0.1, 0.15) is 6.92 Å². The summed E-state index contributed by atoms with van der Waals surface area (Å²) in [5, 5.41) is 10.2. The Hall–Kier alpha value is -1.35. The van der Waals surface area contributed by atoms with Crippen LogP contribution in [0.2, 0.25) is 0 Å². The Kier molecular flexibility index (Phi) is 2.25. The van der Waals surface area contributed by atoms with Crippen molar-refractivity contribution in [2.45, 2.75) is 19.6 Å². The van der Waals surface area contributed by atoms with E-state index in [2.05, 4.69) is 0 Å². The van der Waals surface area contributed by atoms with Gasteiger partial charge in [-0.2, -0.15) is 0 Å². The van der Waals surface area contributed by atoms with Gasteiger partial charge in [0.25, 0.3) is 0 Å². The van der Waals surface area contributed by atoms with E-state index in [0.717, 1.165) is 10.9 Å². The highest BCUT2D eigenvalue weighted by atomic mass is 19.1. The lowest BCUT2D eigenvalue weighted by Gasteiger charge is -2.07. The second-order valence-corrected chi connectivity index (χ2v) is 3.52. The van der Waals surface area contributed by atoms with Crippen LogP contribution in [0.4, 0.5) is 4.39 Å². The van der Waals surface area contributed by atoms with E-state index in [9.17, 15) is 9.50 Å². The first-order valence-corrected chi connectivity index (χ1v) is 4.59. The highest BCUT2D eigenvalue weighted by Gasteiger charge is 2.04. The summed E-state index contributed by atoms with van der Waals surface area (Å²) in [5.41, 5.74) is 0.825. The number of halogens is 1. The Morgan fingerprint density at radius 2 is 2.21 bits per heavy atom. The van der Waals surface area contributed by atoms with Crippen LogP contribution in [0.15, 0.2) is 30.5 Å². The number of benzene rings is 1. The van der Waals surface area contributed by atoms with E-state index >= 15 is 0 Å².